The summed E-state index contributed by atoms with van der Waals surface area (Å²) in [5.41, 5.74) is 1.19. The SMILES string of the molecule is CC(C)N(C(=O)C(Cc1ccc(O)cc1)NC(=O)OC(C)(C)C)C(C(=O)NCc1ccccc1)c1cccc(O)c1. The molecule has 0 spiro atoms. The van der Waals surface area contributed by atoms with Gasteiger partial charge in [0.1, 0.15) is 29.2 Å². The van der Waals surface area contributed by atoms with E-state index in [0.717, 1.165) is 5.56 Å². The highest BCUT2D eigenvalue weighted by Crippen LogP contribution is 2.28. The molecular formula is C32H39N3O6. The molecule has 2 unspecified atom stereocenters. The molecule has 3 aromatic rings. The molecule has 2 atom stereocenters. The highest BCUT2D eigenvalue weighted by atomic mass is 16.6. The van der Waals surface area contributed by atoms with Crippen LogP contribution in [0.2, 0.25) is 0 Å². The van der Waals surface area contributed by atoms with Gasteiger partial charge < -0.3 is 30.5 Å². The Labute approximate surface area is 241 Å². The fraction of sp³-hybridized carbons (Fsp3) is 0.344. The van der Waals surface area contributed by atoms with Crippen molar-refractivity contribution >= 4 is 17.9 Å². The lowest BCUT2D eigenvalue weighted by Crippen LogP contribution is -2.55. The highest BCUT2D eigenvalue weighted by Gasteiger charge is 2.38. The highest BCUT2D eigenvalue weighted by molar-refractivity contribution is 5.92. The van der Waals surface area contributed by atoms with Crippen molar-refractivity contribution in [1.29, 1.82) is 0 Å². The van der Waals surface area contributed by atoms with Gasteiger partial charge in [0, 0.05) is 19.0 Å². The van der Waals surface area contributed by atoms with Crippen LogP contribution in [-0.2, 0) is 27.3 Å². The second kappa shape index (κ2) is 13.7. The van der Waals surface area contributed by atoms with Crippen LogP contribution >= 0.6 is 0 Å². The Morgan fingerprint density at radius 1 is 0.854 bits per heavy atom. The van der Waals surface area contributed by atoms with Gasteiger partial charge in [-0.25, -0.2) is 4.79 Å². The van der Waals surface area contributed by atoms with Crippen LogP contribution in [0.5, 0.6) is 11.5 Å². The molecule has 41 heavy (non-hydrogen) atoms. The van der Waals surface area contributed by atoms with Crippen molar-refractivity contribution in [2.24, 2.45) is 0 Å². The molecule has 3 aromatic carbocycles. The zero-order chi connectivity index (χ0) is 30.2. The average molecular weight is 562 g/mol. The zero-order valence-corrected chi connectivity index (χ0v) is 24.1. The van der Waals surface area contributed by atoms with Gasteiger partial charge in [-0.2, -0.15) is 0 Å². The number of phenolic OH excluding ortho intramolecular Hbond substituents is 2. The van der Waals surface area contributed by atoms with Crippen molar-refractivity contribution in [3.8, 4) is 11.5 Å². The van der Waals surface area contributed by atoms with Crippen LogP contribution in [0.1, 0.15) is 57.4 Å². The third-order valence-corrected chi connectivity index (χ3v) is 6.20. The minimum absolute atomic E-state index is 0.0490. The summed E-state index contributed by atoms with van der Waals surface area (Å²) in [6.07, 6.45) is -0.694. The van der Waals surface area contributed by atoms with Crippen molar-refractivity contribution in [2.45, 2.75) is 71.3 Å². The minimum atomic E-state index is -1.11. The smallest absolute Gasteiger partial charge is 0.408 e. The van der Waals surface area contributed by atoms with Crippen molar-refractivity contribution in [3.05, 3.63) is 95.6 Å². The van der Waals surface area contributed by atoms with E-state index in [1.165, 1.54) is 29.2 Å². The molecule has 0 fully saturated rings. The van der Waals surface area contributed by atoms with E-state index < -0.39 is 41.6 Å². The summed E-state index contributed by atoms with van der Waals surface area (Å²) in [4.78, 5) is 42.3. The molecule has 0 aliphatic heterocycles. The average Bonchev–Trinajstić information content (AvgIpc) is 2.90. The molecule has 0 bridgehead atoms. The van der Waals surface area contributed by atoms with Crippen molar-refractivity contribution in [1.82, 2.24) is 15.5 Å². The number of aromatic hydroxyl groups is 2. The van der Waals surface area contributed by atoms with Crippen LogP contribution in [0.15, 0.2) is 78.9 Å². The maximum Gasteiger partial charge on any atom is 0.408 e. The molecule has 4 N–H and O–H groups in total. The fourth-order valence-electron chi connectivity index (χ4n) is 4.39. The summed E-state index contributed by atoms with van der Waals surface area (Å²) in [7, 11) is 0. The molecule has 218 valence electrons. The lowest BCUT2D eigenvalue weighted by molar-refractivity contribution is -0.144. The number of rotatable bonds is 10. The Morgan fingerprint density at radius 2 is 1.51 bits per heavy atom. The van der Waals surface area contributed by atoms with Gasteiger partial charge in [-0.15, -0.1) is 0 Å². The van der Waals surface area contributed by atoms with E-state index in [2.05, 4.69) is 10.6 Å². The first kappa shape index (κ1) is 31.0. The van der Waals surface area contributed by atoms with Gasteiger partial charge in [-0.05, 0) is 75.6 Å². The third-order valence-electron chi connectivity index (χ3n) is 6.20. The molecule has 0 heterocycles. The van der Waals surface area contributed by atoms with Crippen LogP contribution in [0.3, 0.4) is 0 Å². The maximum absolute atomic E-state index is 14.3. The Kier molecular flexibility index (Phi) is 10.4. The summed E-state index contributed by atoms with van der Waals surface area (Å²) in [5.74, 6) is -0.934. The largest absolute Gasteiger partial charge is 0.508 e. The van der Waals surface area contributed by atoms with E-state index in [1.54, 1.807) is 58.9 Å². The number of phenols is 2. The first-order chi connectivity index (χ1) is 19.3. The molecule has 0 aromatic heterocycles. The number of hydrogen-bond donors (Lipinski definition) is 4. The van der Waals surface area contributed by atoms with Gasteiger partial charge in [0.05, 0.1) is 0 Å². The van der Waals surface area contributed by atoms with Crippen LogP contribution in [0, 0.1) is 0 Å². The molecule has 0 saturated carbocycles. The summed E-state index contributed by atoms with van der Waals surface area (Å²) in [6, 6.07) is 19.2. The van der Waals surface area contributed by atoms with Crippen molar-refractivity contribution in [3.63, 3.8) is 0 Å². The molecule has 9 nitrogen and oxygen atoms in total. The van der Waals surface area contributed by atoms with E-state index >= 15 is 0 Å². The Balaban J connectivity index is 2.00. The minimum Gasteiger partial charge on any atom is -0.508 e. The normalized spacial score (nSPS) is 12.7. The van der Waals surface area contributed by atoms with Gasteiger partial charge in [0.2, 0.25) is 11.8 Å². The molecule has 0 saturated heterocycles. The number of alkyl carbamates (subject to hydrolysis) is 1. The van der Waals surface area contributed by atoms with Gasteiger partial charge in [0.15, 0.2) is 0 Å². The molecule has 0 aliphatic rings. The fourth-order valence-corrected chi connectivity index (χ4v) is 4.39. The number of benzene rings is 3. The van der Waals surface area contributed by atoms with Crippen LogP contribution in [0.25, 0.3) is 0 Å². The number of nitrogens with one attached hydrogen (secondary N) is 2. The number of hydrogen-bond acceptors (Lipinski definition) is 6. The summed E-state index contributed by atoms with van der Waals surface area (Å²) in [6.45, 7) is 8.96. The van der Waals surface area contributed by atoms with Crippen molar-refractivity contribution < 1.29 is 29.3 Å². The molecule has 3 amide bonds. The second-order valence-electron chi connectivity index (χ2n) is 11.1. The summed E-state index contributed by atoms with van der Waals surface area (Å²) >= 11 is 0. The first-order valence-electron chi connectivity index (χ1n) is 13.5. The van der Waals surface area contributed by atoms with Gasteiger partial charge in [-0.3, -0.25) is 9.59 Å². The van der Waals surface area contributed by atoms with E-state index in [0.29, 0.717) is 11.1 Å². The van der Waals surface area contributed by atoms with Crippen LogP contribution < -0.4 is 10.6 Å². The van der Waals surface area contributed by atoms with E-state index in [9.17, 15) is 24.6 Å². The lowest BCUT2D eigenvalue weighted by Gasteiger charge is -2.37. The lowest BCUT2D eigenvalue weighted by atomic mass is 9.98. The summed E-state index contributed by atoms with van der Waals surface area (Å²) in [5, 5.41) is 25.6. The van der Waals surface area contributed by atoms with Gasteiger partial charge >= 0.3 is 6.09 Å². The Bertz CT molecular complexity index is 1320. The number of carbonyl (C=O) groups is 3. The Hall–Kier alpha value is -4.53. The predicted octanol–water partition coefficient (Wildman–Crippen LogP) is 4.83. The third kappa shape index (κ3) is 9.27. The standard InChI is InChI=1S/C32H39N3O6/c1-21(2)35(28(24-12-9-13-26(37)19-24)29(38)33-20-23-10-7-6-8-11-23)30(39)27(34-31(40)41-32(3,4)5)18-22-14-16-25(36)17-15-22/h6-17,19,21,27-28,36-37H,18,20H2,1-5H3,(H,33,38)(H,34,40). The maximum atomic E-state index is 14.3. The quantitative estimate of drug-likeness (QED) is 0.281. The molecule has 0 aliphatic carbocycles. The Morgan fingerprint density at radius 3 is 2.10 bits per heavy atom. The number of ether oxygens (including phenoxy) is 1. The molecular weight excluding hydrogens is 522 g/mol. The second-order valence-corrected chi connectivity index (χ2v) is 11.1. The summed E-state index contributed by atoms with van der Waals surface area (Å²) < 4.78 is 5.44. The van der Waals surface area contributed by atoms with E-state index in [-0.39, 0.29) is 24.5 Å². The molecule has 3 rings (SSSR count). The monoisotopic (exact) mass is 561 g/mol. The molecule has 9 heteroatoms. The topological polar surface area (TPSA) is 128 Å². The number of amides is 3. The zero-order valence-electron chi connectivity index (χ0n) is 24.1. The van der Waals surface area contributed by atoms with E-state index in [1.807, 2.05) is 30.3 Å². The van der Waals surface area contributed by atoms with E-state index in [4.69, 9.17) is 4.74 Å². The van der Waals surface area contributed by atoms with Crippen molar-refractivity contribution in [2.75, 3.05) is 0 Å². The van der Waals surface area contributed by atoms with Gasteiger partial charge in [-0.1, -0.05) is 54.6 Å². The number of nitrogens with zero attached hydrogens (tertiary/aromatic N) is 1. The van der Waals surface area contributed by atoms with Gasteiger partial charge in [0.25, 0.3) is 0 Å². The molecule has 0 radical (unpaired) electrons. The first-order valence-corrected chi connectivity index (χ1v) is 13.5. The van der Waals surface area contributed by atoms with Crippen LogP contribution in [0.4, 0.5) is 4.79 Å². The number of carbonyl (C=O) groups excluding carboxylic acids is 3. The van der Waals surface area contributed by atoms with Crippen LogP contribution in [-0.4, -0.2) is 50.7 Å². The predicted molar refractivity (Wildman–Crippen MR) is 156 cm³/mol.